The van der Waals surface area contributed by atoms with Crippen LogP contribution in [0.1, 0.15) is 5.82 Å². The van der Waals surface area contributed by atoms with Crippen LogP contribution in [-0.2, 0) is 5.88 Å². The summed E-state index contributed by atoms with van der Waals surface area (Å²) in [7, 11) is 0. The lowest BCUT2D eigenvalue weighted by Gasteiger charge is -2.12. The predicted octanol–water partition coefficient (Wildman–Crippen LogP) is 3.73. The molecule has 1 heterocycles. The van der Waals surface area contributed by atoms with Gasteiger partial charge in [0.2, 0.25) is 11.9 Å². The molecule has 0 amide bonds. The first-order valence-corrected chi connectivity index (χ1v) is 7.43. The summed E-state index contributed by atoms with van der Waals surface area (Å²) in [4.78, 5) is 12.2. The number of nitrogens with zero attached hydrogens (tertiary/aromatic N) is 3. The van der Waals surface area contributed by atoms with Crippen LogP contribution in [0.3, 0.4) is 0 Å². The minimum Gasteiger partial charge on any atom is -0.455 e. The van der Waals surface area contributed by atoms with Crippen molar-refractivity contribution in [3.05, 3.63) is 60.4 Å². The minimum atomic E-state index is 0.111. The van der Waals surface area contributed by atoms with E-state index in [-0.39, 0.29) is 11.8 Å². The summed E-state index contributed by atoms with van der Waals surface area (Å²) in [6, 6.07) is 17.0. The molecule has 7 heteroatoms. The highest BCUT2D eigenvalue weighted by atomic mass is 35.5. The van der Waals surface area contributed by atoms with E-state index in [9.17, 15) is 0 Å². The van der Waals surface area contributed by atoms with E-state index in [2.05, 4.69) is 20.3 Å². The molecular weight excluding hydrogens is 314 g/mol. The van der Waals surface area contributed by atoms with Gasteiger partial charge in [0.1, 0.15) is 5.75 Å². The molecule has 0 spiro atoms. The third kappa shape index (κ3) is 3.87. The van der Waals surface area contributed by atoms with Gasteiger partial charge in [0, 0.05) is 0 Å². The summed E-state index contributed by atoms with van der Waals surface area (Å²) in [5, 5.41) is 3.08. The lowest BCUT2D eigenvalue weighted by atomic mass is 10.3. The van der Waals surface area contributed by atoms with Crippen LogP contribution in [0.5, 0.6) is 11.5 Å². The molecule has 0 aliphatic carbocycles. The molecule has 0 aliphatic rings. The molecule has 3 aromatic rings. The van der Waals surface area contributed by atoms with E-state index >= 15 is 0 Å². The van der Waals surface area contributed by atoms with E-state index in [1.54, 1.807) is 0 Å². The average Bonchev–Trinajstić information content (AvgIpc) is 2.57. The molecule has 1 aromatic heterocycles. The fourth-order valence-corrected chi connectivity index (χ4v) is 2.07. The number of alkyl halides is 1. The Morgan fingerprint density at radius 3 is 2.48 bits per heavy atom. The number of halogens is 1. The first kappa shape index (κ1) is 15.1. The second-order valence-corrected chi connectivity index (χ2v) is 4.87. The molecule has 6 nitrogen and oxygen atoms in total. The number of ether oxygens (including phenoxy) is 1. The number of benzene rings is 2. The lowest BCUT2D eigenvalue weighted by molar-refractivity contribution is 0.485. The van der Waals surface area contributed by atoms with Crippen molar-refractivity contribution in [1.29, 1.82) is 0 Å². The summed E-state index contributed by atoms with van der Waals surface area (Å²) in [5.41, 5.74) is 6.37. The zero-order valence-electron chi connectivity index (χ0n) is 12.1. The zero-order valence-corrected chi connectivity index (χ0v) is 12.9. The van der Waals surface area contributed by atoms with Crippen LogP contribution in [0.4, 0.5) is 17.6 Å². The topological polar surface area (TPSA) is 86.0 Å². The van der Waals surface area contributed by atoms with Crippen LogP contribution in [0.25, 0.3) is 0 Å². The van der Waals surface area contributed by atoms with Crippen molar-refractivity contribution in [1.82, 2.24) is 15.0 Å². The first-order valence-electron chi connectivity index (χ1n) is 6.90. The molecule has 0 atom stereocenters. The Hall–Kier alpha value is -2.86. The van der Waals surface area contributed by atoms with Crippen molar-refractivity contribution >= 4 is 29.2 Å². The predicted molar refractivity (Wildman–Crippen MR) is 90.0 cm³/mol. The Morgan fingerprint density at radius 1 is 0.957 bits per heavy atom. The molecule has 0 radical (unpaired) electrons. The maximum absolute atomic E-state index is 5.88. The molecule has 0 saturated heterocycles. The molecule has 0 fully saturated rings. The van der Waals surface area contributed by atoms with Gasteiger partial charge in [0.05, 0.1) is 11.6 Å². The zero-order chi connectivity index (χ0) is 16.1. The van der Waals surface area contributed by atoms with Gasteiger partial charge in [-0.05, 0) is 24.3 Å². The van der Waals surface area contributed by atoms with E-state index < -0.39 is 0 Å². The number of nitrogens with one attached hydrogen (secondary N) is 1. The summed E-state index contributed by atoms with van der Waals surface area (Å²) < 4.78 is 5.88. The van der Waals surface area contributed by atoms with Gasteiger partial charge in [0.25, 0.3) is 0 Å². The Bertz CT molecular complexity index is 797. The molecule has 116 valence electrons. The first-order chi connectivity index (χ1) is 11.2. The number of hydrogen-bond acceptors (Lipinski definition) is 6. The van der Waals surface area contributed by atoms with Gasteiger partial charge < -0.3 is 15.8 Å². The van der Waals surface area contributed by atoms with E-state index in [4.69, 9.17) is 22.1 Å². The Kier molecular flexibility index (Phi) is 4.54. The van der Waals surface area contributed by atoms with Crippen molar-refractivity contribution in [3.8, 4) is 11.5 Å². The second kappa shape index (κ2) is 6.93. The number of anilines is 3. The van der Waals surface area contributed by atoms with Crippen LogP contribution in [0.2, 0.25) is 0 Å². The van der Waals surface area contributed by atoms with Crippen molar-refractivity contribution < 1.29 is 4.74 Å². The molecule has 3 N–H and O–H groups in total. The number of rotatable bonds is 5. The van der Waals surface area contributed by atoms with E-state index in [1.165, 1.54) is 0 Å². The molecule has 2 aromatic carbocycles. The summed E-state index contributed by atoms with van der Waals surface area (Å²) in [6.07, 6.45) is 0. The standard InChI is InChI=1S/C16H14ClN5O/c17-10-14-20-15(18)22-16(21-14)19-12-8-4-5-9-13(12)23-11-6-2-1-3-7-11/h1-9H,10H2,(H3,18,19,20,21,22). The van der Waals surface area contributed by atoms with Gasteiger partial charge in [-0.25, -0.2) is 0 Å². The maximum atomic E-state index is 5.88. The Balaban J connectivity index is 1.87. The highest BCUT2D eigenvalue weighted by Crippen LogP contribution is 2.30. The van der Waals surface area contributed by atoms with Gasteiger partial charge in [-0.3, -0.25) is 0 Å². The van der Waals surface area contributed by atoms with Crippen LogP contribution >= 0.6 is 11.6 Å². The highest BCUT2D eigenvalue weighted by molar-refractivity contribution is 6.16. The van der Waals surface area contributed by atoms with Crippen molar-refractivity contribution in [3.63, 3.8) is 0 Å². The maximum Gasteiger partial charge on any atom is 0.232 e. The number of hydrogen-bond donors (Lipinski definition) is 2. The van der Waals surface area contributed by atoms with Gasteiger partial charge >= 0.3 is 0 Å². The second-order valence-electron chi connectivity index (χ2n) is 4.60. The lowest BCUT2D eigenvalue weighted by Crippen LogP contribution is -2.06. The third-order valence-electron chi connectivity index (χ3n) is 2.92. The summed E-state index contributed by atoms with van der Waals surface area (Å²) in [5.74, 6) is 2.37. The molecule has 0 bridgehead atoms. The third-order valence-corrected chi connectivity index (χ3v) is 3.16. The fraction of sp³-hybridized carbons (Fsp3) is 0.0625. The summed E-state index contributed by atoms with van der Waals surface area (Å²) in [6.45, 7) is 0. The Labute approximate surface area is 138 Å². The molecule has 0 unspecified atom stereocenters. The minimum absolute atomic E-state index is 0.111. The molecule has 3 rings (SSSR count). The van der Waals surface area contributed by atoms with E-state index in [0.717, 1.165) is 5.75 Å². The number of nitrogens with two attached hydrogens (primary N) is 1. The van der Waals surface area contributed by atoms with E-state index in [0.29, 0.717) is 23.2 Å². The van der Waals surface area contributed by atoms with Gasteiger partial charge in [-0.1, -0.05) is 30.3 Å². The number of nitrogen functional groups attached to an aromatic ring is 1. The SMILES string of the molecule is Nc1nc(CCl)nc(Nc2ccccc2Oc2ccccc2)n1. The van der Waals surface area contributed by atoms with Crippen molar-refractivity contribution in [2.45, 2.75) is 5.88 Å². The highest BCUT2D eigenvalue weighted by Gasteiger charge is 2.08. The fourth-order valence-electron chi connectivity index (χ4n) is 1.95. The largest absolute Gasteiger partial charge is 0.455 e. The van der Waals surface area contributed by atoms with Crippen LogP contribution in [0.15, 0.2) is 54.6 Å². The Morgan fingerprint density at radius 2 is 1.70 bits per heavy atom. The smallest absolute Gasteiger partial charge is 0.232 e. The van der Waals surface area contributed by atoms with Crippen molar-refractivity contribution in [2.24, 2.45) is 0 Å². The molecule has 0 saturated carbocycles. The van der Waals surface area contributed by atoms with Crippen LogP contribution in [-0.4, -0.2) is 15.0 Å². The van der Waals surface area contributed by atoms with E-state index in [1.807, 2.05) is 54.6 Å². The van der Waals surface area contributed by atoms with Crippen molar-refractivity contribution in [2.75, 3.05) is 11.1 Å². The quantitative estimate of drug-likeness (QED) is 0.694. The molecular formula is C16H14ClN5O. The van der Waals surface area contributed by atoms with Gasteiger partial charge in [-0.15, -0.1) is 11.6 Å². The average molecular weight is 328 g/mol. The number of para-hydroxylation sites is 3. The molecule has 23 heavy (non-hydrogen) atoms. The normalized spacial score (nSPS) is 10.3. The van der Waals surface area contributed by atoms with Gasteiger partial charge in [-0.2, -0.15) is 15.0 Å². The van der Waals surface area contributed by atoms with Crippen LogP contribution in [0, 0.1) is 0 Å². The number of aromatic nitrogens is 3. The molecule has 0 aliphatic heterocycles. The van der Waals surface area contributed by atoms with Gasteiger partial charge in [0.15, 0.2) is 11.6 Å². The summed E-state index contributed by atoms with van der Waals surface area (Å²) >= 11 is 5.75. The monoisotopic (exact) mass is 327 g/mol. The van der Waals surface area contributed by atoms with Crippen LogP contribution < -0.4 is 15.8 Å².